The number of amides is 1. The predicted molar refractivity (Wildman–Crippen MR) is 130 cm³/mol. The number of halogens is 1. The molecule has 0 bridgehead atoms. The van der Waals surface area contributed by atoms with E-state index < -0.39 is 0 Å². The number of aliphatic imine (C=N–C) groups is 1. The van der Waals surface area contributed by atoms with Gasteiger partial charge in [0, 0.05) is 38.9 Å². The van der Waals surface area contributed by atoms with Crippen LogP contribution in [0.4, 0.5) is 5.69 Å². The first-order valence-corrected chi connectivity index (χ1v) is 9.71. The van der Waals surface area contributed by atoms with E-state index in [0.717, 1.165) is 25.1 Å². The van der Waals surface area contributed by atoms with Gasteiger partial charge in [0.15, 0.2) is 5.96 Å². The summed E-state index contributed by atoms with van der Waals surface area (Å²) >= 11 is 0. The molecule has 1 aliphatic heterocycles. The van der Waals surface area contributed by atoms with E-state index in [9.17, 15) is 4.79 Å². The molecule has 3 rings (SSSR count). The van der Waals surface area contributed by atoms with Gasteiger partial charge in [-0.1, -0.05) is 48.5 Å². The number of nitrogens with zero attached hydrogens (tertiary/aromatic N) is 3. The number of anilines is 1. The molecule has 0 aliphatic carbocycles. The molecular formula is C22H30IN5O. The van der Waals surface area contributed by atoms with Crippen LogP contribution in [0.5, 0.6) is 0 Å². The molecule has 1 aliphatic rings. The molecule has 1 unspecified atom stereocenters. The maximum absolute atomic E-state index is 12.0. The molecule has 0 saturated carbocycles. The van der Waals surface area contributed by atoms with Gasteiger partial charge in [0.2, 0.25) is 5.91 Å². The van der Waals surface area contributed by atoms with Gasteiger partial charge in [0.05, 0.1) is 13.1 Å². The molecule has 0 aromatic heterocycles. The quantitative estimate of drug-likeness (QED) is 0.359. The van der Waals surface area contributed by atoms with Crippen molar-refractivity contribution in [2.24, 2.45) is 4.99 Å². The lowest BCUT2D eigenvalue weighted by Gasteiger charge is -2.21. The van der Waals surface area contributed by atoms with Crippen molar-refractivity contribution in [3.63, 3.8) is 0 Å². The Balaban J connectivity index is 0.00000300. The molecular weight excluding hydrogens is 477 g/mol. The molecule has 1 fully saturated rings. The lowest BCUT2D eigenvalue weighted by atomic mass is 10.2. The standard InChI is InChI=1S/C22H29N5O.HI/c1-26(2)21(28)16-24-22(23-15-18-9-5-3-6-10-18)25-19-13-14-27(17-19)20-11-7-4-8-12-20;/h3-12,19H,13-17H2,1-2H3,(H2,23,24,25);1H. The average Bonchev–Trinajstić information content (AvgIpc) is 3.19. The lowest BCUT2D eigenvalue weighted by Crippen LogP contribution is -2.47. The van der Waals surface area contributed by atoms with E-state index in [4.69, 9.17) is 4.99 Å². The monoisotopic (exact) mass is 507 g/mol. The zero-order valence-corrected chi connectivity index (χ0v) is 19.4. The number of likely N-dealkylation sites (N-methyl/N-ethyl adjacent to an activating group) is 1. The molecule has 1 atom stereocenters. The van der Waals surface area contributed by atoms with Crippen molar-refractivity contribution in [1.82, 2.24) is 15.5 Å². The largest absolute Gasteiger partial charge is 0.369 e. The van der Waals surface area contributed by atoms with Crippen molar-refractivity contribution in [3.8, 4) is 0 Å². The van der Waals surface area contributed by atoms with E-state index in [0.29, 0.717) is 12.5 Å². The van der Waals surface area contributed by atoms with Crippen LogP contribution in [-0.4, -0.2) is 56.5 Å². The minimum absolute atomic E-state index is 0. The second kappa shape index (κ2) is 11.6. The van der Waals surface area contributed by atoms with Crippen LogP contribution in [0, 0.1) is 0 Å². The summed E-state index contributed by atoms with van der Waals surface area (Å²) in [6.45, 7) is 2.71. The van der Waals surface area contributed by atoms with Gasteiger partial charge in [-0.05, 0) is 24.1 Å². The molecule has 1 heterocycles. The van der Waals surface area contributed by atoms with Crippen LogP contribution in [0.1, 0.15) is 12.0 Å². The van der Waals surface area contributed by atoms with Crippen LogP contribution < -0.4 is 15.5 Å². The first-order valence-electron chi connectivity index (χ1n) is 9.71. The number of guanidine groups is 1. The molecule has 1 amide bonds. The van der Waals surface area contributed by atoms with Crippen LogP contribution in [0.2, 0.25) is 0 Å². The first kappa shape index (κ1) is 23.0. The summed E-state index contributed by atoms with van der Waals surface area (Å²) in [4.78, 5) is 20.6. The van der Waals surface area contributed by atoms with Crippen LogP contribution >= 0.6 is 24.0 Å². The highest BCUT2D eigenvalue weighted by molar-refractivity contribution is 14.0. The van der Waals surface area contributed by atoms with Gasteiger partial charge in [-0.15, -0.1) is 24.0 Å². The predicted octanol–water partition coefficient (Wildman–Crippen LogP) is 2.71. The zero-order chi connectivity index (χ0) is 19.8. The number of carbonyl (C=O) groups excluding carboxylic acids is 1. The Labute approximate surface area is 190 Å². The number of benzene rings is 2. The van der Waals surface area contributed by atoms with Gasteiger partial charge < -0.3 is 20.4 Å². The van der Waals surface area contributed by atoms with Crippen LogP contribution in [-0.2, 0) is 11.3 Å². The van der Waals surface area contributed by atoms with E-state index in [-0.39, 0.29) is 42.5 Å². The highest BCUT2D eigenvalue weighted by Gasteiger charge is 2.23. The van der Waals surface area contributed by atoms with Crippen LogP contribution in [0.25, 0.3) is 0 Å². The molecule has 0 radical (unpaired) electrons. The minimum Gasteiger partial charge on any atom is -0.369 e. The molecule has 2 aromatic rings. The van der Waals surface area contributed by atoms with Crippen molar-refractivity contribution in [1.29, 1.82) is 0 Å². The second-order valence-corrected chi connectivity index (χ2v) is 7.20. The normalized spacial score (nSPS) is 16.1. The van der Waals surface area contributed by atoms with Crippen molar-refractivity contribution < 1.29 is 4.79 Å². The second-order valence-electron chi connectivity index (χ2n) is 7.20. The van der Waals surface area contributed by atoms with E-state index >= 15 is 0 Å². The minimum atomic E-state index is 0. The maximum atomic E-state index is 12.0. The Bertz CT molecular complexity index is 782. The Morgan fingerprint density at radius 3 is 2.41 bits per heavy atom. The highest BCUT2D eigenvalue weighted by atomic mass is 127. The zero-order valence-electron chi connectivity index (χ0n) is 17.0. The van der Waals surface area contributed by atoms with Gasteiger partial charge in [-0.25, -0.2) is 4.99 Å². The first-order chi connectivity index (χ1) is 13.6. The average molecular weight is 507 g/mol. The van der Waals surface area contributed by atoms with E-state index in [2.05, 4.69) is 51.9 Å². The van der Waals surface area contributed by atoms with Gasteiger partial charge >= 0.3 is 0 Å². The molecule has 2 aromatic carbocycles. The van der Waals surface area contributed by atoms with Crippen molar-refractivity contribution in [2.75, 3.05) is 38.6 Å². The fourth-order valence-corrected chi connectivity index (χ4v) is 3.17. The molecule has 2 N–H and O–H groups in total. The van der Waals surface area contributed by atoms with Crippen LogP contribution in [0.15, 0.2) is 65.7 Å². The molecule has 29 heavy (non-hydrogen) atoms. The SMILES string of the molecule is CN(C)C(=O)CNC(=NCc1ccccc1)NC1CCN(c2ccccc2)C1.I. The summed E-state index contributed by atoms with van der Waals surface area (Å²) in [5.41, 5.74) is 2.38. The molecule has 156 valence electrons. The smallest absolute Gasteiger partial charge is 0.241 e. The number of hydrogen-bond donors (Lipinski definition) is 2. The summed E-state index contributed by atoms with van der Waals surface area (Å²) in [7, 11) is 3.51. The summed E-state index contributed by atoms with van der Waals surface area (Å²) in [6.07, 6.45) is 1.03. The summed E-state index contributed by atoms with van der Waals surface area (Å²) < 4.78 is 0. The maximum Gasteiger partial charge on any atom is 0.241 e. The summed E-state index contributed by atoms with van der Waals surface area (Å²) in [5.74, 6) is 0.700. The number of para-hydroxylation sites is 1. The van der Waals surface area contributed by atoms with Gasteiger partial charge in [-0.3, -0.25) is 4.79 Å². The van der Waals surface area contributed by atoms with Gasteiger partial charge in [-0.2, -0.15) is 0 Å². The third kappa shape index (κ3) is 7.23. The van der Waals surface area contributed by atoms with E-state index in [1.807, 2.05) is 24.3 Å². The highest BCUT2D eigenvalue weighted by Crippen LogP contribution is 2.19. The number of rotatable bonds is 6. The lowest BCUT2D eigenvalue weighted by molar-refractivity contribution is -0.127. The Morgan fingerprint density at radius 2 is 1.76 bits per heavy atom. The fourth-order valence-electron chi connectivity index (χ4n) is 3.17. The van der Waals surface area contributed by atoms with Crippen molar-refractivity contribution in [2.45, 2.75) is 19.0 Å². The van der Waals surface area contributed by atoms with E-state index in [1.54, 1.807) is 19.0 Å². The Hall–Kier alpha value is -2.29. The number of carbonyl (C=O) groups is 1. The topological polar surface area (TPSA) is 60.0 Å². The fraction of sp³-hybridized carbons (Fsp3) is 0.364. The summed E-state index contributed by atoms with van der Waals surface area (Å²) in [5, 5.41) is 6.69. The molecule has 1 saturated heterocycles. The van der Waals surface area contributed by atoms with Gasteiger partial charge in [0.25, 0.3) is 0 Å². The third-order valence-electron chi connectivity index (χ3n) is 4.82. The van der Waals surface area contributed by atoms with Gasteiger partial charge in [0.1, 0.15) is 0 Å². The molecule has 6 nitrogen and oxygen atoms in total. The number of nitrogens with one attached hydrogen (secondary N) is 2. The Kier molecular flexibility index (Phi) is 9.24. The van der Waals surface area contributed by atoms with E-state index in [1.165, 1.54) is 5.69 Å². The molecule has 7 heteroatoms. The van der Waals surface area contributed by atoms with Crippen molar-refractivity contribution >= 4 is 41.5 Å². The third-order valence-corrected chi connectivity index (χ3v) is 4.82. The Morgan fingerprint density at radius 1 is 1.10 bits per heavy atom. The van der Waals surface area contributed by atoms with Crippen LogP contribution in [0.3, 0.4) is 0 Å². The molecule has 0 spiro atoms. The summed E-state index contributed by atoms with van der Waals surface area (Å²) in [6, 6.07) is 20.9. The number of hydrogen-bond acceptors (Lipinski definition) is 3. The van der Waals surface area contributed by atoms with Crippen molar-refractivity contribution in [3.05, 3.63) is 66.2 Å².